The van der Waals surface area contributed by atoms with Gasteiger partial charge >= 0.3 is 0 Å². The summed E-state index contributed by atoms with van der Waals surface area (Å²) in [5, 5.41) is 12.5. The van der Waals surface area contributed by atoms with Crippen LogP contribution >= 0.6 is 0 Å². The van der Waals surface area contributed by atoms with Crippen LogP contribution in [-0.4, -0.2) is 47.8 Å². The Morgan fingerprint density at radius 2 is 2.21 bits per heavy atom. The summed E-state index contributed by atoms with van der Waals surface area (Å²) in [5.74, 6) is -0.315. The number of aromatic nitrogens is 1. The molecule has 1 aromatic heterocycles. The van der Waals surface area contributed by atoms with Gasteiger partial charge in [-0.1, -0.05) is 6.92 Å². The van der Waals surface area contributed by atoms with Crippen LogP contribution in [0.5, 0.6) is 0 Å². The normalized spacial score (nSPS) is 14.6. The maximum Gasteiger partial charge on any atom is 0.141 e. The highest BCUT2D eigenvalue weighted by atomic mass is 19.1. The predicted molar refractivity (Wildman–Crippen MR) is 74.4 cm³/mol. The van der Waals surface area contributed by atoms with E-state index in [-0.39, 0.29) is 24.5 Å². The van der Waals surface area contributed by atoms with Gasteiger partial charge in [0.25, 0.3) is 0 Å². The van der Waals surface area contributed by atoms with E-state index in [0.29, 0.717) is 0 Å². The van der Waals surface area contributed by atoms with Crippen LogP contribution in [0.3, 0.4) is 0 Å². The molecular weight excluding hydrogens is 245 g/mol. The highest BCUT2D eigenvalue weighted by Crippen LogP contribution is 2.15. The number of pyridine rings is 1. The number of rotatable bonds is 8. The zero-order valence-corrected chi connectivity index (χ0v) is 11.9. The molecule has 0 aliphatic carbocycles. The first-order valence-corrected chi connectivity index (χ1v) is 6.74. The molecule has 0 radical (unpaired) electrons. The molecule has 0 spiro atoms. The highest BCUT2D eigenvalue weighted by Gasteiger charge is 2.14. The van der Waals surface area contributed by atoms with E-state index in [2.05, 4.69) is 15.2 Å². The fraction of sp³-hybridized carbons (Fsp3) is 0.643. The molecule has 0 bridgehead atoms. The fourth-order valence-electron chi connectivity index (χ4n) is 1.89. The first kappa shape index (κ1) is 16.0. The van der Waals surface area contributed by atoms with Crippen molar-refractivity contribution in [3.05, 3.63) is 29.8 Å². The van der Waals surface area contributed by atoms with Gasteiger partial charge in [-0.3, -0.25) is 4.98 Å². The van der Waals surface area contributed by atoms with Gasteiger partial charge in [-0.2, -0.15) is 0 Å². The molecule has 1 aromatic rings. The lowest BCUT2D eigenvalue weighted by Crippen LogP contribution is -2.35. The van der Waals surface area contributed by atoms with E-state index >= 15 is 0 Å². The van der Waals surface area contributed by atoms with E-state index < -0.39 is 0 Å². The van der Waals surface area contributed by atoms with Crippen LogP contribution in [0, 0.1) is 5.82 Å². The molecule has 0 aromatic carbocycles. The van der Waals surface area contributed by atoms with Crippen molar-refractivity contribution in [2.75, 3.05) is 26.7 Å². The summed E-state index contributed by atoms with van der Waals surface area (Å²) >= 11 is 0. The zero-order valence-electron chi connectivity index (χ0n) is 11.9. The molecule has 0 saturated heterocycles. The monoisotopic (exact) mass is 269 g/mol. The van der Waals surface area contributed by atoms with Gasteiger partial charge in [0.15, 0.2) is 0 Å². The average Bonchev–Trinajstić information content (AvgIpc) is 2.43. The van der Waals surface area contributed by atoms with Gasteiger partial charge in [0.1, 0.15) is 5.82 Å². The van der Waals surface area contributed by atoms with Crippen molar-refractivity contribution in [2.24, 2.45) is 0 Å². The standard InChI is InChI=1S/C14H24FN3O/c1-4-16-14(7-8-18(3)11(2)10-19)13-6-5-12(15)9-17-13/h5-6,9,11,14,16,19H,4,7-8,10H2,1-3H3. The molecule has 2 unspecified atom stereocenters. The van der Waals surface area contributed by atoms with Crippen LogP contribution in [0.15, 0.2) is 18.3 Å². The lowest BCUT2D eigenvalue weighted by Gasteiger charge is -2.25. The van der Waals surface area contributed by atoms with Crippen molar-refractivity contribution in [3.63, 3.8) is 0 Å². The molecule has 0 aliphatic heterocycles. The summed E-state index contributed by atoms with van der Waals surface area (Å²) < 4.78 is 12.9. The molecule has 1 rings (SSSR count). The third-order valence-electron chi connectivity index (χ3n) is 3.34. The van der Waals surface area contributed by atoms with E-state index in [1.807, 2.05) is 20.9 Å². The smallest absolute Gasteiger partial charge is 0.141 e. The van der Waals surface area contributed by atoms with Gasteiger partial charge in [-0.25, -0.2) is 4.39 Å². The third-order valence-corrected chi connectivity index (χ3v) is 3.34. The topological polar surface area (TPSA) is 48.4 Å². The number of aliphatic hydroxyl groups excluding tert-OH is 1. The SMILES string of the molecule is CCNC(CCN(C)C(C)CO)c1ccc(F)cn1. The molecule has 1 heterocycles. The summed E-state index contributed by atoms with van der Waals surface area (Å²) in [5.41, 5.74) is 0.855. The second-order valence-electron chi connectivity index (χ2n) is 4.81. The highest BCUT2D eigenvalue weighted by molar-refractivity contribution is 5.10. The second-order valence-corrected chi connectivity index (χ2v) is 4.81. The summed E-state index contributed by atoms with van der Waals surface area (Å²) in [4.78, 5) is 6.24. The molecule has 2 N–H and O–H groups in total. The van der Waals surface area contributed by atoms with E-state index in [4.69, 9.17) is 5.11 Å². The number of nitrogens with zero attached hydrogens (tertiary/aromatic N) is 2. The van der Waals surface area contributed by atoms with Crippen LogP contribution in [0.25, 0.3) is 0 Å². The third kappa shape index (κ3) is 5.22. The van der Waals surface area contributed by atoms with Crippen molar-refractivity contribution >= 4 is 0 Å². The first-order valence-electron chi connectivity index (χ1n) is 6.74. The maximum atomic E-state index is 12.9. The number of hydrogen-bond acceptors (Lipinski definition) is 4. The van der Waals surface area contributed by atoms with E-state index in [1.165, 1.54) is 12.3 Å². The molecule has 0 saturated carbocycles. The number of nitrogens with one attached hydrogen (secondary N) is 1. The molecule has 0 fully saturated rings. The molecule has 2 atom stereocenters. The van der Waals surface area contributed by atoms with Gasteiger partial charge in [0, 0.05) is 12.6 Å². The average molecular weight is 269 g/mol. The van der Waals surface area contributed by atoms with Crippen molar-refractivity contribution in [1.82, 2.24) is 15.2 Å². The Hall–Kier alpha value is -1.04. The second kappa shape index (κ2) is 8.19. The Morgan fingerprint density at radius 1 is 1.47 bits per heavy atom. The Morgan fingerprint density at radius 3 is 2.74 bits per heavy atom. The molecule has 0 amide bonds. The van der Waals surface area contributed by atoms with E-state index in [0.717, 1.165) is 25.2 Å². The van der Waals surface area contributed by atoms with Gasteiger partial charge in [-0.05, 0) is 39.1 Å². The number of aliphatic hydroxyl groups is 1. The van der Waals surface area contributed by atoms with Gasteiger partial charge in [0.05, 0.1) is 24.5 Å². The van der Waals surface area contributed by atoms with E-state index in [1.54, 1.807) is 6.07 Å². The van der Waals surface area contributed by atoms with Gasteiger partial charge in [0.2, 0.25) is 0 Å². The molecule has 4 nitrogen and oxygen atoms in total. The van der Waals surface area contributed by atoms with Crippen LogP contribution in [0.1, 0.15) is 32.0 Å². The van der Waals surface area contributed by atoms with Crippen LogP contribution in [0.2, 0.25) is 0 Å². The summed E-state index contributed by atoms with van der Waals surface area (Å²) in [6.07, 6.45) is 2.12. The molecule has 19 heavy (non-hydrogen) atoms. The van der Waals surface area contributed by atoms with Crippen LogP contribution in [-0.2, 0) is 0 Å². The minimum atomic E-state index is -0.315. The van der Waals surface area contributed by atoms with E-state index in [9.17, 15) is 4.39 Å². The molecule has 5 heteroatoms. The Labute approximate surface area is 114 Å². The summed E-state index contributed by atoms with van der Waals surface area (Å²) in [7, 11) is 1.99. The summed E-state index contributed by atoms with van der Waals surface area (Å²) in [6.45, 7) is 5.85. The molecular formula is C14H24FN3O. The lowest BCUT2D eigenvalue weighted by atomic mass is 10.1. The predicted octanol–water partition coefficient (Wildman–Crippen LogP) is 1.57. The molecule has 0 aliphatic rings. The number of halogens is 1. The lowest BCUT2D eigenvalue weighted by molar-refractivity contribution is 0.154. The maximum absolute atomic E-state index is 12.9. The zero-order chi connectivity index (χ0) is 14.3. The minimum Gasteiger partial charge on any atom is -0.395 e. The minimum absolute atomic E-state index is 0.110. The van der Waals surface area contributed by atoms with Crippen molar-refractivity contribution < 1.29 is 9.50 Å². The van der Waals surface area contributed by atoms with Crippen molar-refractivity contribution in [2.45, 2.75) is 32.4 Å². The number of hydrogen-bond donors (Lipinski definition) is 2. The first-order chi connectivity index (χ1) is 9.08. The van der Waals surface area contributed by atoms with Crippen molar-refractivity contribution in [3.8, 4) is 0 Å². The summed E-state index contributed by atoms with van der Waals surface area (Å²) in [6, 6.07) is 3.41. The fourth-order valence-corrected chi connectivity index (χ4v) is 1.89. The Bertz CT molecular complexity index is 358. The quantitative estimate of drug-likeness (QED) is 0.752. The van der Waals surface area contributed by atoms with Crippen molar-refractivity contribution in [1.29, 1.82) is 0 Å². The number of likely N-dealkylation sites (N-methyl/N-ethyl adjacent to an activating group) is 1. The van der Waals surface area contributed by atoms with Crippen LogP contribution < -0.4 is 5.32 Å². The van der Waals surface area contributed by atoms with Gasteiger partial charge in [-0.15, -0.1) is 0 Å². The van der Waals surface area contributed by atoms with Crippen LogP contribution in [0.4, 0.5) is 4.39 Å². The Balaban J connectivity index is 2.60. The Kier molecular flexibility index (Phi) is 6.91. The molecule has 108 valence electrons. The largest absolute Gasteiger partial charge is 0.395 e. The van der Waals surface area contributed by atoms with Gasteiger partial charge < -0.3 is 15.3 Å².